The highest BCUT2D eigenvalue weighted by molar-refractivity contribution is 5.49. The molecule has 5 nitrogen and oxygen atoms in total. The Hall–Kier alpha value is -1.46. The van der Waals surface area contributed by atoms with Gasteiger partial charge in [-0.2, -0.15) is 0 Å². The van der Waals surface area contributed by atoms with Crippen LogP contribution in [0.5, 0.6) is 17.2 Å². The van der Waals surface area contributed by atoms with E-state index >= 15 is 0 Å². The van der Waals surface area contributed by atoms with Crippen LogP contribution >= 0.6 is 0 Å². The van der Waals surface area contributed by atoms with Crippen LogP contribution in [0.2, 0.25) is 0 Å². The molecule has 0 aromatic heterocycles. The number of hydrogen-bond donors (Lipinski definition) is 4. The van der Waals surface area contributed by atoms with Gasteiger partial charge >= 0.3 is 0 Å². The summed E-state index contributed by atoms with van der Waals surface area (Å²) in [6.45, 7) is 1.37. The zero-order chi connectivity index (χ0) is 11.8. The second kappa shape index (κ2) is 3.84. The summed E-state index contributed by atoms with van der Waals surface area (Å²) in [5, 5.41) is 31.6. The van der Waals surface area contributed by atoms with Gasteiger partial charge in [-0.05, 0) is 0 Å². The van der Waals surface area contributed by atoms with Gasteiger partial charge in [0.25, 0.3) is 0 Å². The largest absolute Gasteiger partial charge is 0.508 e. The summed E-state index contributed by atoms with van der Waals surface area (Å²) >= 11 is 0. The maximum atomic E-state index is 9.65. The van der Waals surface area contributed by atoms with Crippen LogP contribution in [0.15, 0.2) is 12.1 Å². The van der Waals surface area contributed by atoms with Crippen LogP contribution in [0.25, 0.3) is 0 Å². The van der Waals surface area contributed by atoms with Gasteiger partial charge in [0.15, 0.2) is 0 Å². The minimum absolute atomic E-state index is 0.110. The quantitative estimate of drug-likeness (QED) is 0.596. The minimum atomic E-state index is -0.369. The summed E-state index contributed by atoms with van der Waals surface area (Å²) in [5.74, 6) is -0.376. The van der Waals surface area contributed by atoms with E-state index in [1.165, 1.54) is 12.1 Å². The Morgan fingerprint density at radius 1 is 1.25 bits per heavy atom. The van der Waals surface area contributed by atoms with E-state index in [0.29, 0.717) is 25.1 Å². The van der Waals surface area contributed by atoms with Gasteiger partial charge in [0, 0.05) is 44.3 Å². The smallest absolute Gasteiger partial charge is 0.126 e. The van der Waals surface area contributed by atoms with Crippen LogP contribution in [0, 0.1) is 0 Å². The highest BCUT2D eigenvalue weighted by atomic mass is 16.5. The Balaban J connectivity index is 2.27. The third-order valence-electron chi connectivity index (χ3n) is 3.01. The maximum Gasteiger partial charge on any atom is 0.126 e. The van der Waals surface area contributed by atoms with Crippen LogP contribution in [-0.4, -0.2) is 41.1 Å². The fraction of sp³-hybridized carbons (Fsp3) is 0.455. The summed E-state index contributed by atoms with van der Waals surface area (Å²) in [4.78, 5) is 0. The summed E-state index contributed by atoms with van der Waals surface area (Å²) in [6.07, 6.45) is 0.411. The monoisotopic (exact) mass is 225 g/mol. The van der Waals surface area contributed by atoms with Crippen LogP contribution in [0.1, 0.15) is 5.56 Å². The van der Waals surface area contributed by atoms with E-state index in [1.807, 2.05) is 0 Å². The molecule has 1 fully saturated rings. The summed E-state index contributed by atoms with van der Waals surface area (Å²) in [6, 6.07) is 2.43. The molecule has 0 aliphatic carbocycles. The Kier molecular flexibility index (Phi) is 2.65. The predicted molar refractivity (Wildman–Crippen MR) is 57.8 cm³/mol. The molecule has 0 atom stereocenters. The molecule has 0 amide bonds. The van der Waals surface area contributed by atoms with E-state index in [2.05, 4.69) is 5.32 Å². The first-order valence-electron chi connectivity index (χ1n) is 5.06. The molecule has 5 heteroatoms. The summed E-state index contributed by atoms with van der Waals surface area (Å²) in [7, 11) is 1.61. The highest BCUT2D eigenvalue weighted by Crippen LogP contribution is 2.36. The molecule has 0 unspecified atom stereocenters. The maximum absolute atomic E-state index is 9.65. The van der Waals surface area contributed by atoms with Gasteiger partial charge in [-0.25, -0.2) is 0 Å². The number of hydrogen-bond acceptors (Lipinski definition) is 5. The van der Waals surface area contributed by atoms with E-state index in [1.54, 1.807) is 7.11 Å². The lowest BCUT2D eigenvalue weighted by Gasteiger charge is -2.41. The number of aromatic hydroxyl groups is 3. The molecule has 2 rings (SSSR count). The average molecular weight is 225 g/mol. The zero-order valence-corrected chi connectivity index (χ0v) is 9.03. The van der Waals surface area contributed by atoms with Crippen molar-refractivity contribution in [3.63, 3.8) is 0 Å². The van der Waals surface area contributed by atoms with Crippen molar-refractivity contribution in [1.82, 2.24) is 5.32 Å². The van der Waals surface area contributed by atoms with Gasteiger partial charge in [0.2, 0.25) is 0 Å². The predicted octanol–water partition coefficient (Wildman–Crippen LogP) is 0.334. The molecule has 1 aliphatic heterocycles. The molecule has 1 aromatic rings. The minimum Gasteiger partial charge on any atom is -0.508 e. The second-order valence-corrected chi connectivity index (χ2v) is 4.13. The third-order valence-corrected chi connectivity index (χ3v) is 3.01. The zero-order valence-electron chi connectivity index (χ0n) is 9.03. The van der Waals surface area contributed by atoms with Crippen LogP contribution in [-0.2, 0) is 11.2 Å². The Morgan fingerprint density at radius 3 is 2.19 bits per heavy atom. The van der Waals surface area contributed by atoms with Crippen molar-refractivity contribution in [2.75, 3.05) is 20.2 Å². The molecule has 0 bridgehead atoms. The fourth-order valence-electron chi connectivity index (χ4n) is 1.88. The van der Waals surface area contributed by atoms with Crippen molar-refractivity contribution < 1.29 is 20.1 Å². The van der Waals surface area contributed by atoms with Crippen LogP contribution < -0.4 is 5.32 Å². The first-order valence-corrected chi connectivity index (χ1v) is 5.06. The van der Waals surface area contributed by atoms with Crippen LogP contribution in [0.4, 0.5) is 0 Å². The number of benzene rings is 1. The van der Waals surface area contributed by atoms with Gasteiger partial charge in [-0.3, -0.25) is 0 Å². The molecule has 88 valence electrons. The van der Waals surface area contributed by atoms with Gasteiger partial charge in [0.1, 0.15) is 17.2 Å². The molecule has 4 N–H and O–H groups in total. The fourth-order valence-corrected chi connectivity index (χ4v) is 1.88. The molecule has 1 saturated heterocycles. The van der Waals surface area contributed by atoms with Crippen molar-refractivity contribution >= 4 is 0 Å². The van der Waals surface area contributed by atoms with Gasteiger partial charge in [-0.15, -0.1) is 0 Å². The average Bonchev–Trinajstić information content (AvgIpc) is 2.14. The van der Waals surface area contributed by atoms with E-state index in [0.717, 1.165) is 0 Å². The van der Waals surface area contributed by atoms with Gasteiger partial charge < -0.3 is 25.4 Å². The first kappa shape index (κ1) is 11.0. The Bertz CT molecular complexity index is 372. The van der Waals surface area contributed by atoms with E-state index in [9.17, 15) is 15.3 Å². The lowest BCUT2D eigenvalue weighted by molar-refractivity contribution is -0.0508. The lowest BCUT2D eigenvalue weighted by Crippen LogP contribution is -2.61. The lowest BCUT2D eigenvalue weighted by atomic mass is 9.88. The Morgan fingerprint density at radius 2 is 1.81 bits per heavy atom. The Labute approximate surface area is 93.3 Å². The topological polar surface area (TPSA) is 82.0 Å². The molecule has 0 radical (unpaired) electrons. The molecule has 0 spiro atoms. The van der Waals surface area contributed by atoms with Gasteiger partial charge in [0.05, 0.1) is 5.60 Å². The molecule has 1 aromatic carbocycles. The standard InChI is InChI=1S/C11H15NO4/c1-16-11(5-12-6-11)4-8-9(14)2-7(13)3-10(8)15/h2-3,12-15H,4-6H2,1H3. The van der Waals surface area contributed by atoms with Crippen molar-refractivity contribution in [3.8, 4) is 17.2 Å². The normalized spacial score (nSPS) is 18.1. The number of nitrogens with one attached hydrogen (secondary N) is 1. The van der Waals surface area contributed by atoms with Crippen molar-refractivity contribution in [3.05, 3.63) is 17.7 Å². The first-order chi connectivity index (χ1) is 7.56. The van der Waals surface area contributed by atoms with Crippen LogP contribution in [0.3, 0.4) is 0 Å². The molecular weight excluding hydrogens is 210 g/mol. The molecule has 1 heterocycles. The SMILES string of the molecule is COC1(Cc2c(O)cc(O)cc2O)CNC1. The molecule has 0 saturated carbocycles. The van der Waals surface area contributed by atoms with Gasteiger partial charge in [-0.1, -0.05) is 0 Å². The summed E-state index contributed by atoms with van der Waals surface area (Å²) in [5.41, 5.74) is 0.0347. The summed E-state index contributed by atoms with van der Waals surface area (Å²) < 4.78 is 5.37. The van der Waals surface area contributed by atoms with Crippen molar-refractivity contribution in [1.29, 1.82) is 0 Å². The van der Waals surface area contributed by atoms with Crippen molar-refractivity contribution in [2.45, 2.75) is 12.0 Å². The van der Waals surface area contributed by atoms with E-state index in [-0.39, 0.29) is 22.8 Å². The number of ether oxygens (including phenoxy) is 1. The highest BCUT2D eigenvalue weighted by Gasteiger charge is 2.38. The number of methoxy groups -OCH3 is 1. The van der Waals surface area contributed by atoms with E-state index in [4.69, 9.17) is 4.74 Å². The van der Waals surface area contributed by atoms with E-state index < -0.39 is 0 Å². The number of rotatable bonds is 3. The number of phenols is 3. The second-order valence-electron chi connectivity index (χ2n) is 4.13. The number of phenolic OH excluding ortho intramolecular Hbond substituents is 3. The molecular formula is C11H15NO4. The molecule has 16 heavy (non-hydrogen) atoms. The third kappa shape index (κ3) is 1.79. The van der Waals surface area contributed by atoms with Crippen molar-refractivity contribution in [2.24, 2.45) is 0 Å². The molecule has 1 aliphatic rings.